The molecule has 2 nitrogen and oxygen atoms in total. The Morgan fingerprint density at radius 2 is 1.56 bits per heavy atom. The van der Waals surface area contributed by atoms with Gasteiger partial charge in [-0.3, -0.25) is 0 Å². The Balaban J connectivity index is 2.38. The van der Waals surface area contributed by atoms with Gasteiger partial charge in [0.15, 0.2) is 0 Å². The van der Waals surface area contributed by atoms with Crippen molar-refractivity contribution in [3.05, 3.63) is 63.6 Å². The maximum Gasteiger partial charge on any atom is 0.118 e. The molecule has 0 saturated heterocycles. The monoisotopic (exact) mass is 282 g/mol. The van der Waals surface area contributed by atoms with Crippen LogP contribution < -0.4 is 4.74 Å². The number of rotatable bonds is 3. The van der Waals surface area contributed by atoms with Gasteiger partial charge in [-0.1, -0.05) is 41.4 Å². The Morgan fingerprint density at radius 1 is 1.00 bits per heavy atom. The zero-order valence-corrected chi connectivity index (χ0v) is 11.2. The minimum Gasteiger partial charge on any atom is -0.497 e. The Kier molecular flexibility index (Phi) is 4.12. The lowest BCUT2D eigenvalue weighted by Gasteiger charge is -2.15. The van der Waals surface area contributed by atoms with Gasteiger partial charge in [-0.25, -0.2) is 0 Å². The fourth-order valence-corrected chi connectivity index (χ4v) is 2.33. The van der Waals surface area contributed by atoms with Crippen LogP contribution in [0, 0.1) is 0 Å². The number of methoxy groups -OCH3 is 1. The van der Waals surface area contributed by atoms with Crippen molar-refractivity contribution >= 4 is 23.2 Å². The molecule has 0 saturated carbocycles. The summed E-state index contributed by atoms with van der Waals surface area (Å²) in [5, 5.41) is 11.2. The van der Waals surface area contributed by atoms with Crippen LogP contribution in [0.15, 0.2) is 42.5 Å². The fourth-order valence-electron chi connectivity index (χ4n) is 1.72. The van der Waals surface area contributed by atoms with Gasteiger partial charge in [-0.2, -0.15) is 0 Å². The van der Waals surface area contributed by atoms with Gasteiger partial charge in [0.25, 0.3) is 0 Å². The van der Waals surface area contributed by atoms with Gasteiger partial charge < -0.3 is 9.84 Å². The zero-order chi connectivity index (χ0) is 13.1. The Bertz CT molecular complexity index is 518. The van der Waals surface area contributed by atoms with Crippen molar-refractivity contribution in [2.75, 3.05) is 7.11 Å². The van der Waals surface area contributed by atoms with E-state index in [4.69, 9.17) is 27.9 Å². The van der Waals surface area contributed by atoms with Gasteiger partial charge in [0, 0.05) is 15.6 Å². The first kappa shape index (κ1) is 13.2. The van der Waals surface area contributed by atoms with Crippen molar-refractivity contribution < 1.29 is 9.84 Å². The van der Waals surface area contributed by atoms with Crippen molar-refractivity contribution in [3.63, 3.8) is 0 Å². The second-order valence-corrected chi connectivity index (χ2v) is 4.63. The van der Waals surface area contributed by atoms with Gasteiger partial charge >= 0.3 is 0 Å². The molecule has 2 aromatic rings. The van der Waals surface area contributed by atoms with Crippen molar-refractivity contribution in [1.82, 2.24) is 0 Å². The normalized spacial score (nSPS) is 12.2. The highest BCUT2D eigenvalue weighted by Gasteiger charge is 2.17. The molecule has 18 heavy (non-hydrogen) atoms. The molecule has 0 aliphatic rings. The van der Waals surface area contributed by atoms with E-state index in [-0.39, 0.29) is 0 Å². The van der Waals surface area contributed by atoms with E-state index < -0.39 is 6.10 Å². The first-order valence-electron chi connectivity index (χ1n) is 5.39. The van der Waals surface area contributed by atoms with E-state index in [1.165, 1.54) is 0 Å². The van der Waals surface area contributed by atoms with Gasteiger partial charge in [-0.05, 0) is 29.8 Å². The number of hydrogen-bond donors (Lipinski definition) is 1. The number of ether oxygens (including phenoxy) is 1. The van der Waals surface area contributed by atoms with E-state index in [2.05, 4.69) is 0 Å². The summed E-state index contributed by atoms with van der Waals surface area (Å²) in [7, 11) is 1.59. The number of hydrogen-bond acceptors (Lipinski definition) is 2. The predicted molar refractivity (Wildman–Crippen MR) is 73.5 cm³/mol. The van der Waals surface area contributed by atoms with E-state index in [0.29, 0.717) is 21.2 Å². The highest BCUT2D eigenvalue weighted by Crippen LogP contribution is 2.34. The standard InChI is InChI=1S/C14H12Cl2O2/c1-18-10-7-5-9(6-8-10)14(17)13-11(15)3-2-4-12(13)16/h2-8,14,17H,1H3. The van der Waals surface area contributed by atoms with Gasteiger partial charge in [0.2, 0.25) is 0 Å². The van der Waals surface area contributed by atoms with Crippen LogP contribution in [0.25, 0.3) is 0 Å². The molecule has 2 aromatic carbocycles. The Morgan fingerprint density at radius 3 is 2.06 bits per heavy atom. The molecule has 1 unspecified atom stereocenters. The quantitative estimate of drug-likeness (QED) is 0.919. The maximum atomic E-state index is 10.3. The molecular formula is C14H12Cl2O2. The number of halogens is 2. The lowest BCUT2D eigenvalue weighted by atomic mass is 10.0. The lowest BCUT2D eigenvalue weighted by Crippen LogP contribution is -2.01. The van der Waals surface area contributed by atoms with E-state index in [9.17, 15) is 5.11 Å². The molecule has 2 rings (SSSR count). The van der Waals surface area contributed by atoms with Gasteiger partial charge in [0.05, 0.1) is 7.11 Å². The second-order valence-electron chi connectivity index (χ2n) is 3.81. The molecule has 1 N–H and O–H groups in total. The summed E-state index contributed by atoms with van der Waals surface area (Å²) < 4.78 is 5.07. The van der Waals surface area contributed by atoms with Crippen LogP contribution in [0.2, 0.25) is 10.0 Å². The van der Waals surface area contributed by atoms with Crippen LogP contribution in [0.4, 0.5) is 0 Å². The first-order chi connectivity index (χ1) is 8.63. The maximum absolute atomic E-state index is 10.3. The molecule has 4 heteroatoms. The highest BCUT2D eigenvalue weighted by atomic mass is 35.5. The molecule has 0 radical (unpaired) electrons. The molecule has 1 atom stereocenters. The minimum absolute atomic E-state index is 0.450. The second kappa shape index (κ2) is 5.61. The topological polar surface area (TPSA) is 29.5 Å². The van der Waals surface area contributed by atoms with Crippen molar-refractivity contribution in [1.29, 1.82) is 0 Å². The average molecular weight is 283 g/mol. The number of benzene rings is 2. The van der Waals surface area contributed by atoms with E-state index in [0.717, 1.165) is 5.75 Å². The number of aliphatic hydroxyl groups excluding tert-OH is 1. The summed E-state index contributed by atoms with van der Waals surface area (Å²) in [4.78, 5) is 0. The zero-order valence-electron chi connectivity index (χ0n) is 9.73. The molecule has 94 valence electrons. The predicted octanol–water partition coefficient (Wildman–Crippen LogP) is 4.08. The Labute approximate surface area is 116 Å². The third-order valence-electron chi connectivity index (χ3n) is 2.70. The molecule has 0 heterocycles. The molecule has 0 bridgehead atoms. The summed E-state index contributed by atoms with van der Waals surface area (Å²) in [6.07, 6.45) is -0.850. The molecule has 0 spiro atoms. The smallest absolute Gasteiger partial charge is 0.118 e. The van der Waals surface area contributed by atoms with Crippen LogP contribution in [0.5, 0.6) is 5.75 Å². The highest BCUT2D eigenvalue weighted by molar-refractivity contribution is 6.36. The van der Waals surface area contributed by atoms with E-state index in [1.807, 2.05) is 0 Å². The van der Waals surface area contributed by atoms with Crippen LogP contribution in [0.1, 0.15) is 17.2 Å². The third kappa shape index (κ3) is 2.61. The summed E-state index contributed by atoms with van der Waals surface area (Å²) in [5.41, 5.74) is 1.23. The molecule has 0 aliphatic carbocycles. The average Bonchev–Trinajstić information content (AvgIpc) is 2.38. The van der Waals surface area contributed by atoms with Gasteiger partial charge in [0.1, 0.15) is 11.9 Å². The molecule has 0 fully saturated rings. The molecular weight excluding hydrogens is 271 g/mol. The summed E-state index contributed by atoms with van der Waals surface area (Å²) >= 11 is 12.1. The summed E-state index contributed by atoms with van der Waals surface area (Å²) in [6, 6.07) is 12.3. The van der Waals surface area contributed by atoms with E-state index in [1.54, 1.807) is 49.6 Å². The molecule has 0 aromatic heterocycles. The molecule has 0 aliphatic heterocycles. The summed E-state index contributed by atoms with van der Waals surface area (Å²) in [6.45, 7) is 0. The van der Waals surface area contributed by atoms with Crippen LogP contribution in [-0.4, -0.2) is 12.2 Å². The van der Waals surface area contributed by atoms with Crippen molar-refractivity contribution in [2.45, 2.75) is 6.10 Å². The SMILES string of the molecule is COc1ccc(C(O)c2c(Cl)cccc2Cl)cc1. The lowest BCUT2D eigenvalue weighted by molar-refractivity contribution is 0.220. The van der Waals surface area contributed by atoms with Crippen molar-refractivity contribution in [2.24, 2.45) is 0 Å². The van der Waals surface area contributed by atoms with Crippen molar-refractivity contribution in [3.8, 4) is 5.75 Å². The summed E-state index contributed by atoms with van der Waals surface area (Å²) in [5.74, 6) is 0.733. The largest absolute Gasteiger partial charge is 0.497 e. The van der Waals surface area contributed by atoms with Gasteiger partial charge in [-0.15, -0.1) is 0 Å². The van der Waals surface area contributed by atoms with Crippen LogP contribution in [-0.2, 0) is 0 Å². The Hall–Kier alpha value is -1.22. The first-order valence-corrected chi connectivity index (χ1v) is 6.15. The third-order valence-corrected chi connectivity index (χ3v) is 3.36. The van der Waals surface area contributed by atoms with E-state index >= 15 is 0 Å². The van der Waals surface area contributed by atoms with Crippen LogP contribution >= 0.6 is 23.2 Å². The molecule has 0 amide bonds. The fraction of sp³-hybridized carbons (Fsp3) is 0.143. The van der Waals surface area contributed by atoms with Crippen LogP contribution in [0.3, 0.4) is 0 Å². The number of aliphatic hydroxyl groups is 1. The minimum atomic E-state index is -0.850.